The summed E-state index contributed by atoms with van der Waals surface area (Å²) in [5.41, 5.74) is 15.9. The van der Waals surface area contributed by atoms with Gasteiger partial charge < -0.3 is 42.4 Å². The van der Waals surface area contributed by atoms with E-state index in [-0.39, 0.29) is 35.6 Å². The monoisotopic (exact) mass is 1270 g/mol. The van der Waals surface area contributed by atoms with Gasteiger partial charge in [-0.15, -0.1) is 0 Å². The maximum absolute atomic E-state index is 15.7. The Hall–Kier alpha value is -10.0. The SMILES string of the molecule is COc1ccc(Cc2ccc(N(C)C(=O)OC(C)(C)C)cc2)c(F)c1-c1cccc(C(C)=O)c1.COc1ccc(Cc2ccc(N(C)C(N)=O)cc2)c(F)c1-c1cccc(C(C)=O)c1.C[NH2+]c1ccc(Cc2ccc(OC)c(-c3cccc(C(C)=O)c3)c2F)cc1.[Cl-]. The Balaban J connectivity index is 0.000000219. The Morgan fingerprint density at radius 1 is 0.457 bits per heavy atom. The van der Waals surface area contributed by atoms with E-state index in [4.69, 9.17) is 24.7 Å². The topological polar surface area (TPSA) is 171 Å². The van der Waals surface area contributed by atoms with Gasteiger partial charge in [0, 0.05) is 61.4 Å². The minimum absolute atomic E-state index is 0. The van der Waals surface area contributed by atoms with Gasteiger partial charge in [0.2, 0.25) is 0 Å². The van der Waals surface area contributed by atoms with Crippen molar-refractivity contribution < 1.29 is 73.8 Å². The average molecular weight is 1270 g/mol. The second-order valence-electron chi connectivity index (χ2n) is 22.6. The van der Waals surface area contributed by atoms with Gasteiger partial charge in [-0.2, -0.15) is 0 Å². The van der Waals surface area contributed by atoms with E-state index < -0.39 is 29.4 Å². The molecular formula is C75H76ClF3N4O9. The van der Waals surface area contributed by atoms with Crippen molar-refractivity contribution in [3.63, 3.8) is 0 Å². The van der Waals surface area contributed by atoms with Gasteiger partial charge in [0.25, 0.3) is 0 Å². The van der Waals surface area contributed by atoms with Crippen molar-refractivity contribution in [2.24, 2.45) is 5.73 Å². The van der Waals surface area contributed by atoms with Crippen molar-refractivity contribution in [2.75, 3.05) is 52.3 Å². The highest BCUT2D eigenvalue weighted by atomic mass is 35.5. The Morgan fingerprint density at radius 2 is 0.761 bits per heavy atom. The molecule has 9 aromatic carbocycles. The molecule has 0 heterocycles. The zero-order chi connectivity index (χ0) is 66.3. The van der Waals surface area contributed by atoms with Gasteiger partial charge in [0.15, 0.2) is 17.3 Å². The van der Waals surface area contributed by atoms with Gasteiger partial charge in [-0.05, 0) is 164 Å². The third-order valence-electron chi connectivity index (χ3n) is 15.0. The molecule has 0 fully saturated rings. The van der Waals surface area contributed by atoms with Gasteiger partial charge in [-0.25, -0.2) is 22.8 Å². The molecule has 478 valence electrons. The minimum atomic E-state index is -0.585. The molecule has 92 heavy (non-hydrogen) atoms. The predicted octanol–water partition coefficient (Wildman–Crippen LogP) is 12.6. The Morgan fingerprint density at radius 3 is 1.03 bits per heavy atom. The number of carbonyl (C=O) groups excluding carboxylic acids is 5. The fourth-order valence-electron chi connectivity index (χ4n) is 9.94. The summed E-state index contributed by atoms with van der Waals surface area (Å²) in [4.78, 5) is 61.6. The summed E-state index contributed by atoms with van der Waals surface area (Å²) in [6.07, 6.45) is 0.750. The minimum Gasteiger partial charge on any atom is -1.00 e. The molecule has 4 N–H and O–H groups in total. The van der Waals surface area contributed by atoms with Gasteiger partial charge >= 0.3 is 12.1 Å². The number of benzene rings is 9. The Kier molecular flexibility index (Phi) is 24.8. The number of anilines is 2. The van der Waals surface area contributed by atoms with E-state index >= 15 is 13.2 Å². The van der Waals surface area contributed by atoms with Crippen molar-refractivity contribution in [3.8, 4) is 50.6 Å². The molecule has 3 amide bonds. The largest absolute Gasteiger partial charge is 1.00 e. The molecule has 0 saturated carbocycles. The fourth-order valence-corrected chi connectivity index (χ4v) is 9.94. The molecule has 0 spiro atoms. The molecule has 9 aromatic rings. The van der Waals surface area contributed by atoms with E-state index in [0.29, 0.717) is 115 Å². The standard InChI is InChI=1S/C28H30FNO4.C24H23FN2O3.C23H22FNO2.ClH/c1-18(31)20-8-7-9-21(17-20)25-24(33-6)15-12-22(26(25)29)16-19-10-13-23(14-11-19)30(5)27(32)34-28(2,3)4;1-15(28)17-5-4-6-18(14-17)22-21(30-3)12-9-19(23(22)25)13-16-7-10-20(11-8-16)27(2)24(26)29;1-15(26)17-5-4-6-18(14-17)22-21(27-3)12-9-19(23(22)24)13-16-7-10-20(25-2)11-8-16;/h7-15,17H,16H2,1-6H3;4-12,14H,13H2,1-3H3,(H2,26,29);4-12,14,25H,13H2,1-3H3;1H. The average Bonchev–Trinajstić information content (AvgIpc) is 0.869. The second-order valence-corrected chi connectivity index (χ2v) is 22.6. The summed E-state index contributed by atoms with van der Waals surface area (Å²) in [6, 6.07) is 53.1. The van der Waals surface area contributed by atoms with E-state index in [9.17, 15) is 24.0 Å². The third kappa shape index (κ3) is 18.1. The van der Waals surface area contributed by atoms with Gasteiger partial charge in [-0.1, -0.05) is 109 Å². The van der Waals surface area contributed by atoms with Crippen LogP contribution in [0.2, 0.25) is 0 Å². The van der Waals surface area contributed by atoms with Crippen LogP contribution >= 0.6 is 0 Å². The molecular weight excluding hydrogens is 1190 g/mol. The number of Topliss-reactive ketones (excluding diaryl/α,β-unsaturated/α-hetero) is 3. The first-order valence-electron chi connectivity index (χ1n) is 29.3. The first-order valence-corrected chi connectivity index (χ1v) is 29.3. The van der Waals surface area contributed by atoms with Crippen molar-refractivity contribution >= 4 is 46.5 Å². The summed E-state index contributed by atoms with van der Waals surface area (Å²) in [6.45, 7) is 9.90. The first kappa shape index (κ1) is 71.1. The lowest BCUT2D eigenvalue weighted by molar-refractivity contribution is -0.539. The molecule has 0 aromatic heterocycles. The number of hydrogen-bond donors (Lipinski definition) is 2. The number of ether oxygens (including phenoxy) is 4. The molecule has 0 radical (unpaired) electrons. The quantitative estimate of drug-likeness (QED) is 0.0627. The molecule has 0 unspecified atom stereocenters. The first-order chi connectivity index (χ1) is 43.3. The summed E-state index contributed by atoms with van der Waals surface area (Å²) in [7, 11) is 9.72. The summed E-state index contributed by atoms with van der Waals surface area (Å²) < 4.78 is 68.1. The number of nitrogens with zero attached hydrogens (tertiary/aromatic N) is 2. The highest BCUT2D eigenvalue weighted by Crippen LogP contribution is 2.39. The number of primary amides is 1. The van der Waals surface area contributed by atoms with Gasteiger partial charge in [-0.3, -0.25) is 24.2 Å². The number of hydrogen-bond acceptors (Lipinski definition) is 9. The predicted molar refractivity (Wildman–Crippen MR) is 353 cm³/mol. The Labute approximate surface area is 542 Å². The summed E-state index contributed by atoms with van der Waals surface area (Å²) in [5, 5.41) is 2.03. The van der Waals surface area contributed by atoms with Crippen LogP contribution in [0.4, 0.5) is 39.8 Å². The van der Waals surface area contributed by atoms with Crippen molar-refractivity contribution in [3.05, 3.63) is 250 Å². The van der Waals surface area contributed by atoms with E-state index in [2.05, 4.69) is 0 Å². The molecule has 0 saturated heterocycles. The molecule has 0 aliphatic rings. The molecule has 17 heteroatoms. The van der Waals surface area contributed by atoms with Crippen molar-refractivity contribution in [1.29, 1.82) is 0 Å². The summed E-state index contributed by atoms with van der Waals surface area (Å²) >= 11 is 0. The van der Waals surface area contributed by atoms with Crippen LogP contribution in [0.25, 0.3) is 33.4 Å². The highest BCUT2D eigenvalue weighted by molar-refractivity contribution is 5.97. The van der Waals surface area contributed by atoms with Crippen LogP contribution in [-0.4, -0.2) is 77.5 Å². The van der Waals surface area contributed by atoms with E-state index in [1.807, 2.05) is 81.7 Å². The van der Waals surface area contributed by atoms with Crippen LogP contribution in [0, 0.1) is 17.5 Å². The van der Waals surface area contributed by atoms with Crippen LogP contribution in [0.3, 0.4) is 0 Å². The number of ketones is 3. The number of urea groups is 1. The number of quaternary nitrogens is 1. The third-order valence-corrected chi connectivity index (χ3v) is 15.0. The van der Waals surface area contributed by atoms with Crippen LogP contribution < -0.4 is 47.5 Å². The van der Waals surface area contributed by atoms with Crippen LogP contribution in [-0.2, 0) is 24.0 Å². The van der Waals surface area contributed by atoms with Crippen LogP contribution in [0.1, 0.15) is 106 Å². The number of carbonyl (C=O) groups is 5. The fraction of sp³-hybridized carbons (Fsp3) is 0.213. The van der Waals surface area contributed by atoms with Gasteiger partial charge in [0.05, 0.1) is 45.1 Å². The zero-order valence-electron chi connectivity index (χ0n) is 53.7. The maximum Gasteiger partial charge on any atom is 0.414 e. The van der Waals surface area contributed by atoms with E-state index in [1.165, 1.54) is 51.9 Å². The second kappa shape index (κ2) is 32.1. The zero-order valence-corrected chi connectivity index (χ0v) is 54.4. The summed E-state index contributed by atoms with van der Waals surface area (Å²) in [5.74, 6) is -0.0912. The van der Waals surface area contributed by atoms with Gasteiger partial charge in [0.1, 0.15) is 46.0 Å². The van der Waals surface area contributed by atoms with Crippen LogP contribution in [0.5, 0.6) is 17.2 Å². The number of methoxy groups -OCH3 is 3. The number of nitrogens with two attached hydrogens (primary N) is 2. The highest BCUT2D eigenvalue weighted by Gasteiger charge is 2.23. The number of rotatable bonds is 18. The lowest BCUT2D eigenvalue weighted by atomic mass is 9.95. The molecule has 9 rings (SSSR count). The van der Waals surface area contributed by atoms with Crippen LogP contribution in [0.15, 0.2) is 182 Å². The molecule has 0 bridgehead atoms. The molecule has 0 aliphatic carbocycles. The smallest absolute Gasteiger partial charge is 0.414 e. The Bertz CT molecular complexity index is 4100. The number of amides is 3. The van der Waals surface area contributed by atoms with E-state index in [1.54, 1.807) is 148 Å². The molecule has 0 atom stereocenters. The molecule has 13 nitrogen and oxygen atoms in total. The number of halogens is 4. The van der Waals surface area contributed by atoms with Crippen molar-refractivity contribution in [1.82, 2.24) is 0 Å². The lowest BCUT2D eigenvalue weighted by Gasteiger charge is -2.24. The normalized spacial score (nSPS) is 10.7. The molecule has 0 aliphatic heterocycles. The van der Waals surface area contributed by atoms with Crippen molar-refractivity contribution in [2.45, 2.75) is 66.4 Å². The van der Waals surface area contributed by atoms with E-state index in [0.717, 1.165) is 22.4 Å². The lowest BCUT2D eigenvalue weighted by Crippen LogP contribution is -3.00. The maximum atomic E-state index is 15.7.